The summed E-state index contributed by atoms with van der Waals surface area (Å²) >= 11 is 0. The molecular formula is C12H14N2O5. The van der Waals surface area contributed by atoms with E-state index in [2.05, 4.69) is 0 Å². The number of likely N-dealkylation sites (N-methyl/N-ethyl adjacent to an activating group) is 1. The van der Waals surface area contributed by atoms with E-state index in [0.717, 1.165) is 0 Å². The highest BCUT2D eigenvalue weighted by atomic mass is 16.6. The number of benzene rings is 1. The van der Waals surface area contributed by atoms with Gasteiger partial charge in [-0.2, -0.15) is 0 Å². The third kappa shape index (κ3) is 4.84. The van der Waals surface area contributed by atoms with Gasteiger partial charge in [-0.05, 0) is 7.05 Å². The minimum Gasteiger partial charge on any atom is -0.481 e. The van der Waals surface area contributed by atoms with Gasteiger partial charge in [-0.15, -0.1) is 0 Å². The zero-order valence-corrected chi connectivity index (χ0v) is 10.4. The van der Waals surface area contributed by atoms with Crippen LogP contribution >= 0.6 is 0 Å². The second-order valence-electron chi connectivity index (χ2n) is 4.11. The van der Waals surface area contributed by atoms with E-state index in [4.69, 9.17) is 5.11 Å². The number of nitro benzene ring substituents is 1. The third-order valence-corrected chi connectivity index (χ3v) is 2.50. The van der Waals surface area contributed by atoms with Crippen molar-refractivity contribution in [1.29, 1.82) is 0 Å². The minimum atomic E-state index is -0.936. The molecule has 0 atom stereocenters. The fourth-order valence-corrected chi connectivity index (χ4v) is 1.49. The lowest BCUT2D eigenvalue weighted by atomic mass is 10.1. The molecule has 0 saturated heterocycles. The summed E-state index contributed by atoms with van der Waals surface area (Å²) in [4.78, 5) is 33.8. The molecule has 1 aromatic rings. The first-order valence-electron chi connectivity index (χ1n) is 5.58. The Morgan fingerprint density at radius 2 is 2.11 bits per heavy atom. The van der Waals surface area contributed by atoms with Crippen molar-refractivity contribution in [3.05, 3.63) is 39.9 Å². The molecule has 0 amide bonds. The lowest BCUT2D eigenvalue weighted by Crippen LogP contribution is -2.28. The molecule has 0 spiro atoms. The van der Waals surface area contributed by atoms with Crippen LogP contribution in [0.2, 0.25) is 0 Å². The maximum absolute atomic E-state index is 11.9. The van der Waals surface area contributed by atoms with Crippen molar-refractivity contribution in [1.82, 2.24) is 4.90 Å². The average molecular weight is 266 g/mol. The van der Waals surface area contributed by atoms with Crippen molar-refractivity contribution >= 4 is 17.4 Å². The van der Waals surface area contributed by atoms with Crippen molar-refractivity contribution in [3.63, 3.8) is 0 Å². The summed E-state index contributed by atoms with van der Waals surface area (Å²) in [5.74, 6) is -1.22. The van der Waals surface area contributed by atoms with Gasteiger partial charge in [0.25, 0.3) is 5.69 Å². The molecule has 0 bridgehead atoms. The Balaban J connectivity index is 2.65. The minimum absolute atomic E-state index is 0.0223. The summed E-state index contributed by atoms with van der Waals surface area (Å²) in [7, 11) is 1.62. The summed E-state index contributed by atoms with van der Waals surface area (Å²) in [5, 5.41) is 19.1. The number of hydrogen-bond donors (Lipinski definition) is 1. The van der Waals surface area contributed by atoms with Gasteiger partial charge in [0.1, 0.15) is 0 Å². The highest BCUT2D eigenvalue weighted by Gasteiger charge is 2.13. The molecule has 0 saturated carbocycles. The van der Waals surface area contributed by atoms with Crippen molar-refractivity contribution in [2.24, 2.45) is 0 Å². The zero-order chi connectivity index (χ0) is 14.4. The zero-order valence-electron chi connectivity index (χ0n) is 10.4. The largest absolute Gasteiger partial charge is 0.481 e. The molecule has 0 aliphatic carbocycles. The van der Waals surface area contributed by atoms with E-state index in [1.54, 1.807) is 11.9 Å². The Morgan fingerprint density at radius 3 is 2.68 bits per heavy atom. The number of aliphatic carboxylic acids is 1. The fourth-order valence-electron chi connectivity index (χ4n) is 1.49. The maximum Gasteiger partial charge on any atom is 0.304 e. The van der Waals surface area contributed by atoms with Gasteiger partial charge in [0, 0.05) is 24.2 Å². The Hall–Kier alpha value is -2.28. The standard InChI is InChI=1S/C12H14N2O5/c1-13(6-5-12(16)17)8-11(15)9-3-2-4-10(7-9)14(18)19/h2-4,7H,5-6,8H2,1H3,(H,16,17). The Kier molecular flexibility index (Phi) is 5.13. The number of carbonyl (C=O) groups excluding carboxylic acids is 1. The number of carboxylic acid groups (broad SMARTS) is 1. The monoisotopic (exact) mass is 266 g/mol. The smallest absolute Gasteiger partial charge is 0.304 e. The van der Waals surface area contributed by atoms with Crippen molar-refractivity contribution in [3.8, 4) is 0 Å². The van der Waals surface area contributed by atoms with Crippen LogP contribution < -0.4 is 0 Å². The van der Waals surface area contributed by atoms with Crippen LogP contribution in [0.25, 0.3) is 0 Å². The van der Waals surface area contributed by atoms with Crippen LogP contribution in [0.15, 0.2) is 24.3 Å². The van der Waals surface area contributed by atoms with E-state index in [1.165, 1.54) is 24.3 Å². The second kappa shape index (κ2) is 6.60. The van der Waals surface area contributed by atoms with Gasteiger partial charge in [0.15, 0.2) is 5.78 Å². The summed E-state index contributed by atoms with van der Waals surface area (Å²) < 4.78 is 0. The number of carboxylic acids is 1. The number of non-ortho nitro benzene ring substituents is 1. The van der Waals surface area contributed by atoms with Gasteiger partial charge in [-0.3, -0.25) is 24.6 Å². The van der Waals surface area contributed by atoms with Crippen LogP contribution in [-0.4, -0.2) is 46.8 Å². The quantitative estimate of drug-likeness (QED) is 0.452. The van der Waals surface area contributed by atoms with Gasteiger partial charge in [0.05, 0.1) is 17.9 Å². The molecule has 1 N–H and O–H groups in total. The van der Waals surface area contributed by atoms with Crippen LogP contribution in [0.5, 0.6) is 0 Å². The number of ketones is 1. The Bertz CT molecular complexity index is 501. The molecule has 0 heterocycles. The molecule has 1 aromatic carbocycles. The van der Waals surface area contributed by atoms with Crippen molar-refractivity contribution in [2.45, 2.75) is 6.42 Å². The fraction of sp³-hybridized carbons (Fsp3) is 0.333. The number of nitrogens with zero attached hydrogens (tertiary/aromatic N) is 2. The van der Waals surface area contributed by atoms with Crippen LogP contribution in [0.4, 0.5) is 5.69 Å². The van der Waals surface area contributed by atoms with E-state index >= 15 is 0 Å². The Labute approximate surface area is 109 Å². The van der Waals surface area contributed by atoms with Crippen molar-refractivity contribution in [2.75, 3.05) is 20.1 Å². The Morgan fingerprint density at radius 1 is 1.42 bits per heavy atom. The average Bonchev–Trinajstić information content (AvgIpc) is 2.36. The van der Waals surface area contributed by atoms with Crippen LogP contribution in [0.3, 0.4) is 0 Å². The SMILES string of the molecule is CN(CCC(=O)O)CC(=O)c1cccc([N+](=O)[O-])c1. The van der Waals surface area contributed by atoms with Gasteiger partial charge >= 0.3 is 5.97 Å². The van der Waals surface area contributed by atoms with Gasteiger partial charge in [0.2, 0.25) is 0 Å². The highest BCUT2D eigenvalue weighted by molar-refractivity contribution is 5.98. The molecule has 7 nitrogen and oxygen atoms in total. The lowest BCUT2D eigenvalue weighted by Gasteiger charge is -2.14. The van der Waals surface area contributed by atoms with Crippen LogP contribution in [0, 0.1) is 10.1 Å². The van der Waals surface area contributed by atoms with Gasteiger partial charge in [-0.1, -0.05) is 12.1 Å². The first kappa shape index (κ1) is 14.8. The van der Waals surface area contributed by atoms with Gasteiger partial charge in [-0.25, -0.2) is 0 Å². The predicted molar refractivity (Wildman–Crippen MR) is 67.2 cm³/mol. The summed E-state index contributed by atoms with van der Waals surface area (Å²) in [6.45, 7) is 0.268. The molecule has 7 heteroatoms. The van der Waals surface area contributed by atoms with Crippen LogP contribution in [0.1, 0.15) is 16.8 Å². The summed E-state index contributed by atoms with van der Waals surface area (Å²) in [6.07, 6.45) is -0.0568. The first-order chi connectivity index (χ1) is 8.90. The molecule has 102 valence electrons. The number of Topliss-reactive ketones (excluding diaryl/α,β-unsaturated/α-hetero) is 1. The predicted octanol–water partition coefficient (Wildman–Crippen LogP) is 1.18. The topological polar surface area (TPSA) is 101 Å². The van der Waals surface area contributed by atoms with Crippen LogP contribution in [-0.2, 0) is 4.79 Å². The molecule has 0 aliphatic rings. The molecule has 0 fully saturated rings. The molecule has 0 radical (unpaired) electrons. The number of nitro groups is 1. The first-order valence-corrected chi connectivity index (χ1v) is 5.58. The second-order valence-corrected chi connectivity index (χ2v) is 4.11. The lowest BCUT2D eigenvalue weighted by molar-refractivity contribution is -0.384. The van der Waals surface area contributed by atoms with E-state index in [1.807, 2.05) is 0 Å². The van der Waals surface area contributed by atoms with E-state index in [9.17, 15) is 19.7 Å². The van der Waals surface area contributed by atoms with E-state index in [0.29, 0.717) is 0 Å². The number of rotatable bonds is 7. The molecule has 0 aromatic heterocycles. The van der Waals surface area contributed by atoms with E-state index < -0.39 is 10.9 Å². The third-order valence-electron chi connectivity index (χ3n) is 2.50. The molecule has 19 heavy (non-hydrogen) atoms. The summed E-state index contributed by atoms with van der Waals surface area (Å²) in [5.41, 5.74) is 0.107. The van der Waals surface area contributed by atoms with Crippen molar-refractivity contribution < 1.29 is 19.6 Å². The molecule has 1 rings (SSSR count). The maximum atomic E-state index is 11.9. The number of hydrogen-bond acceptors (Lipinski definition) is 5. The molecule has 0 unspecified atom stereocenters. The van der Waals surface area contributed by atoms with Gasteiger partial charge < -0.3 is 5.11 Å². The molecular weight excluding hydrogens is 252 g/mol. The normalized spacial score (nSPS) is 10.4. The summed E-state index contributed by atoms with van der Waals surface area (Å²) in [6, 6.07) is 5.47. The number of carbonyl (C=O) groups is 2. The van der Waals surface area contributed by atoms with E-state index in [-0.39, 0.29) is 36.5 Å². The molecule has 0 aliphatic heterocycles. The highest BCUT2D eigenvalue weighted by Crippen LogP contribution is 2.13.